The molecule has 2 saturated carbocycles. The van der Waals surface area contributed by atoms with Crippen molar-refractivity contribution in [3.05, 3.63) is 64.7 Å². The minimum absolute atomic E-state index is 0.0594. The van der Waals surface area contributed by atoms with E-state index in [2.05, 4.69) is 5.32 Å². The number of carbonyl (C=O) groups is 1. The first-order valence-corrected chi connectivity index (χ1v) is 11.3. The summed E-state index contributed by atoms with van der Waals surface area (Å²) in [5, 5.41) is 2.97. The van der Waals surface area contributed by atoms with Gasteiger partial charge in [0, 0.05) is 24.2 Å². The SMILES string of the molecule is Cc1ccc(S(=O)(=O)N(Cc2ccc(C(=O)NC3CC3)cc2)C2CC2)cc1C. The predicted octanol–water partition coefficient (Wildman–Crippen LogP) is 3.55. The summed E-state index contributed by atoms with van der Waals surface area (Å²) in [6, 6.07) is 13.0. The van der Waals surface area contributed by atoms with Crippen molar-refractivity contribution in [3.8, 4) is 0 Å². The maximum atomic E-state index is 13.2. The maximum absolute atomic E-state index is 13.2. The molecule has 0 saturated heterocycles. The van der Waals surface area contributed by atoms with Crippen molar-refractivity contribution in [1.29, 1.82) is 0 Å². The summed E-state index contributed by atoms with van der Waals surface area (Å²) in [5.74, 6) is -0.0594. The molecule has 0 bridgehead atoms. The summed E-state index contributed by atoms with van der Waals surface area (Å²) >= 11 is 0. The normalized spacial score (nSPS) is 17.0. The fourth-order valence-corrected chi connectivity index (χ4v) is 4.98. The first-order valence-electron chi connectivity index (χ1n) is 9.83. The van der Waals surface area contributed by atoms with Crippen molar-refractivity contribution in [1.82, 2.24) is 9.62 Å². The van der Waals surface area contributed by atoms with E-state index in [0.29, 0.717) is 23.0 Å². The molecule has 148 valence electrons. The third-order valence-corrected chi connectivity index (χ3v) is 7.40. The van der Waals surface area contributed by atoms with Crippen LogP contribution < -0.4 is 5.32 Å². The minimum atomic E-state index is -3.56. The molecule has 0 aliphatic heterocycles. The lowest BCUT2D eigenvalue weighted by Gasteiger charge is -2.22. The largest absolute Gasteiger partial charge is 0.349 e. The third-order valence-electron chi connectivity index (χ3n) is 5.51. The van der Waals surface area contributed by atoms with E-state index in [0.717, 1.165) is 42.4 Å². The molecule has 2 fully saturated rings. The Bertz CT molecular complexity index is 991. The van der Waals surface area contributed by atoms with Gasteiger partial charge in [0.2, 0.25) is 10.0 Å². The van der Waals surface area contributed by atoms with Crippen LogP contribution in [0.15, 0.2) is 47.4 Å². The average Bonchev–Trinajstić information content (AvgIpc) is 3.57. The van der Waals surface area contributed by atoms with E-state index in [1.807, 2.05) is 32.0 Å². The molecule has 6 heteroatoms. The average molecular weight is 399 g/mol. The molecule has 0 atom stereocenters. The molecule has 0 radical (unpaired) electrons. The molecule has 4 rings (SSSR count). The monoisotopic (exact) mass is 398 g/mol. The second-order valence-electron chi connectivity index (χ2n) is 7.97. The number of sulfonamides is 1. The molecular formula is C22H26N2O3S. The number of aryl methyl sites for hydroxylation is 2. The van der Waals surface area contributed by atoms with Gasteiger partial charge in [-0.15, -0.1) is 0 Å². The summed E-state index contributed by atoms with van der Waals surface area (Å²) in [6.45, 7) is 4.23. The quantitative estimate of drug-likeness (QED) is 0.776. The molecule has 2 aromatic carbocycles. The van der Waals surface area contributed by atoms with Crippen molar-refractivity contribution < 1.29 is 13.2 Å². The molecule has 2 aromatic rings. The molecule has 1 N–H and O–H groups in total. The van der Waals surface area contributed by atoms with Gasteiger partial charge in [-0.25, -0.2) is 8.42 Å². The van der Waals surface area contributed by atoms with Gasteiger partial charge in [-0.05, 0) is 80.5 Å². The van der Waals surface area contributed by atoms with Gasteiger partial charge in [0.1, 0.15) is 0 Å². The summed E-state index contributed by atoms with van der Waals surface area (Å²) in [6.07, 6.45) is 3.89. The van der Waals surface area contributed by atoms with E-state index in [-0.39, 0.29) is 11.9 Å². The summed E-state index contributed by atoms with van der Waals surface area (Å²) in [4.78, 5) is 12.5. The van der Waals surface area contributed by atoms with Crippen LogP contribution in [-0.4, -0.2) is 30.7 Å². The van der Waals surface area contributed by atoms with E-state index >= 15 is 0 Å². The lowest BCUT2D eigenvalue weighted by Crippen LogP contribution is -2.32. The number of nitrogens with zero attached hydrogens (tertiary/aromatic N) is 1. The molecule has 0 spiro atoms. The van der Waals surface area contributed by atoms with Crippen molar-refractivity contribution in [2.24, 2.45) is 0 Å². The van der Waals surface area contributed by atoms with Gasteiger partial charge < -0.3 is 5.32 Å². The van der Waals surface area contributed by atoms with Crippen LogP contribution in [0.2, 0.25) is 0 Å². The number of hydrogen-bond acceptors (Lipinski definition) is 3. The smallest absolute Gasteiger partial charge is 0.251 e. The number of hydrogen-bond donors (Lipinski definition) is 1. The topological polar surface area (TPSA) is 66.5 Å². The molecule has 5 nitrogen and oxygen atoms in total. The van der Waals surface area contributed by atoms with Crippen LogP contribution in [0.1, 0.15) is 52.7 Å². The van der Waals surface area contributed by atoms with Crippen molar-refractivity contribution in [2.75, 3.05) is 0 Å². The third kappa shape index (κ3) is 4.13. The van der Waals surface area contributed by atoms with Crippen LogP contribution in [-0.2, 0) is 16.6 Å². The predicted molar refractivity (Wildman–Crippen MR) is 109 cm³/mol. The fourth-order valence-electron chi connectivity index (χ4n) is 3.22. The highest BCUT2D eigenvalue weighted by atomic mass is 32.2. The van der Waals surface area contributed by atoms with Crippen molar-refractivity contribution in [2.45, 2.75) is 63.1 Å². The Morgan fingerprint density at radius 3 is 2.25 bits per heavy atom. The Labute approximate surface area is 166 Å². The van der Waals surface area contributed by atoms with Crippen molar-refractivity contribution >= 4 is 15.9 Å². The zero-order chi connectivity index (χ0) is 19.9. The number of rotatable bonds is 7. The standard InChI is InChI=1S/C22H26N2O3S/c1-15-3-12-21(13-16(15)2)28(26,27)24(20-10-11-20)14-17-4-6-18(7-5-17)22(25)23-19-8-9-19/h3-7,12-13,19-20H,8-11,14H2,1-2H3,(H,23,25). The zero-order valence-electron chi connectivity index (χ0n) is 16.3. The van der Waals surface area contributed by atoms with Crippen LogP contribution in [0.4, 0.5) is 0 Å². The number of amides is 1. The Kier molecular flexibility index (Phi) is 5.02. The van der Waals surface area contributed by atoms with Gasteiger partial charge in [-0.2, -0.15) is 4.31 Å². The molecule has 0 unspecified atom stereocenters. The molecule has 0 heterocycles. The van der Waals surface area contributed by atoms with E-state index < -0.39 is 10.0 Å². The highest BCUT2D eigenvalue weighted by Crippen LogP contribution is 2.34. The first kappa shape index (κ1) is 19.2. The second-order valence-corrected chi connectivity index (χ2v) is 9.86. The van der Waals surface area contributed by atoms with Gasteiger partial charge in [0.05, 0.1) is 4.90 Å². The Morgan fingerprint density at radius 2 is 1.68 bits per heavy atom. The summed E-state index contributed by atoms with van der Waals surface area (Å²) < 4.78 is 28.1. The summed E-state index contributed by atoms with van der Waals surface area (Å²) in [5.41, 5.74) is 3.56. The van der Waals surface area contributed by atoms with Crippen LogP contribution >= 0.6 is 0 Å². The van der Waals surface area contributed by atoms with E-state index in [9.17, 15) is 13.2 Å². The van der Waals surface area contributed by atoms with Gasteiger partial charge in [0.15, 0.2) is 0 Å². The lowest BCUT2D eigenvalue weighted by atomic mass is 10.1. The van der Waals surface area contributed by atoms with E-state index in [1.54, 1.807) is 28.6 Å². The zero-order valence-corrected chi connectivity index (χ0v) is 17.1. The number of nitrogens with one attached hydrogen (secondary N) is 1. The van der Waals surface area contributed by atoms with E-state index in [1.165, 1.54) is 0 Å². The Hall–Kier alpha value is -2.18. The van der Waals surface area contributed by atoms with Gasteiger partial charge in [-0.3, -0.25) is 4.79 Å². The molecule has 0 aromatic heterocycles. The minimum Gasteiger partial charge on any atom is -0.349 e. The molecule has 2 aliphatic rings. The van der Waals surface area contributed by atoms with Crippen LogP contribution in [0.5, 0.6) is 0 Å². The van der Waals surface area contributed by atoms with Crippen LogP contribution in [0.25, 0.3) is 0 Å². The number of benzene rings is 2. The van der Waals surface area contributed by atoms with Crippen LogP contribution in [0, 0.1) is 13.8 Å². The molecule has 28 heavy (non-hydrogen) atoms. The van der Waals surface area contributed by atoms with Gasteiger partial charge >= 0.3 is 0 Å². The summed E-state index contributed by atoms with van der Waals surface area (Å²) in [7, 11) is -3.56. The molecule has 1 amide bonds. The van der Waals surface area contributed by atoms with E-state index in [4.69, 9.17) is 0 Å². The number of carbonyl (C=O) groups excluding carboxylic acids is 1. The Morgan fingerprint density at radius 1 is 1.00 bits per heavy atom. The molecular weight excluding hydrogens is 372 g/mol. The molecule has 2 aliphatic carbocycles. The maximum Gasteiger partial charge on any atom is 0.251 e. The van der Waals surface area contributed by atoms with Gasteiger partial charge in [0.25, 0.3) is 5.91 Å². The van der Waals surface area contributed by atoms with Crippen molar-refractivity contribution in [3.63, 3.8) is 0 Å². The highest BCUT2D eigenvalue weighted by Gasteiger charge is 2.38. The van der Waals surface area contributed by atoms with Crippen LogP contribution in [0.3, 0.4) is 0 Å². The fraction of sp³-hybridized carbons (Fsp3) is 0.409. The highest BCUT2D eigenvalue weighted by molar-refractivity contribution is 7.89. The Balaban J connectivity index is 1.53. The lowest BCUT2D eigenvalue weighted by molar-refractivity contribution is 0.0951. The second kappa shape index (κ2) is 7.33. The van der Waals surface area contributed by atoms with Gasteiger partial charge in [-0.1, -0.05) is 18.2 Å². The first-order chi connectivity index (χ1) is 13.3.